The molecule has 1 N–H and O–H groups in total. The number of fused-ring (bicyclic) bond motifs is 1. The Morgan fingerprint density at radius 1 is 1.27 bits per heavy atom. The maximum atomic E-state index is 12.4. The minimum Gasteiger partial charge on any atom is -0.383 e. The van der Waals surface area contributed by atoms with Gasteiger partial charge in [-0.3, -0.25) is 9.59 Å². The summed E-state index contributed by atoms with van der Waals surface area (Å²) in [6.07, 6.45) is 3.42. The van der Waals surface area contributed by atoms with E-state index in [0.29, 0.717) is 44.3 Å². The molecule has 2 aromatic rings. The van der Waals surface area contributed by atoms with E-state index in [1.807, 2.05) is 18.2 Å². The van der Waals surface area contributed by atoms with Crippen LogP contribution in [0.5, 0.6) is 0 Å². The van der Waals surface area contributed by atoms with Crippen molar-refractivity contribution in [1.29, 1.82) is 0 Å². The van der Waals surface area contributed by atoms with Crippen molar-refractivity contribution in [3.8, 4) is 0 Å². The Hall–Kier alpha value is -2.67. The number of hydrogen-bond acceptors (Lipinski definition) is 4. The number of nitrogens with zero attached hydrogens (tertiary/aromatic N) is 3. The molecule has 2 amide bonds. The highest BCUT2D eigenvalue weighted by atomic mass is 16.5. The lowest BCUT2D eigenvalue weighted by molar-refractivity contribution is 0.0633. The quantitative estimate of drug-likeness (QED) is 0.725. The van der Waals surface area contributed by atoms with E-state index in [9.17, 15) is 9.59 Å². The zero-order valence-electron chi connectivity index (χ0n) is 15.0. The van der Waals surface area contributed by atoms with Gasteiger partial charge in [-0.25, -0.2) is 4.98 Å². The van der Waals surface area contributed by atoms with Crippen LogP contribution < -0.4 is 5.32 Å². The zero-order valence-corrected chi connectivity index (χ0v) is 15.0. The van der Waals surface area contributed by atoms with Gasteiger partial charge in [0.25, 0.3) is 11.8 Å². The van der Waals surface area contributed by atoms with Crippen molar-refractivity contribution in [2.75, 3.05) is 33.4 Å². The first-order chi connectivity index (χ1) is 12.7. The fourth-order valence-corrected chi connectivity index (χ4v) is 2.98. The zero-order chi connectivity index (χ0) is 18.4. The van der Waals surface area contributed by atoms with Gasteiger partial charge in [-0.2, -0.15) is 0 Å². The van der Waals surface area contributed by atoms with Crippen LogP contribution in [0, 0.1) is 0 Å². The molecule has 1 aromatic carbocycles. The van der Waals surface area contributed by atoms with Crippen LogP contribution in [0.2, 0.25) is 0 Å². The number of imidazole rings is 1. The molecule has 7 nitrogen and oxygen atoms in total. The Morgan fingerprint density at radius 3 is 2.85 bits per heavy atom. The molecule has 0 atom stereocenters. The average molecular weight is 356 g/mol. The summed E-state index contributed by atoms with van der Waals surface area (Å²) in [4.78, 5) is 30.7. The molecule has 3 rings (SSSR count). The number of ether oxygens (including phenoxy) is 1. The highest BCUT2D eigenvalue weighted by Crippen LogP contribution is 2.13. The number of benzene rings is 1. The highest BCUT2D eigenvalue weighted by molar-refractivity contribution is 5.96. The molecular weight excluding hydrogens is 332 g/mol. The largest absolute Gasteiger partial charge is 0.383 e. The molecule has 0 unspecified atom stereocenters. The van der Waals surface area contributed by atoms with Crippen molar-refractivity contribution in [2.24, 2.45) is 0 Å². The molecule has 138 valence electrons. The number of rotatable bonds is 8. The molecule has 2 heterocycles. The molecule has 1 aliphatic heterocycles. The van der Waals surface area contributed by atoms with E-state index < -0.39 is 0 Å². The second-order valence-corrected chi connectivity index (χ2v) is 6.27. The summed E-state index contributed by atoms with van der Waals surface area (Å²) >= 11 is 0. The first-order valence-corrected chi connectivity index (χ1v) is 8.86. The first-order valence-electron chi connectivity index (χ1n) is 8.86. The van der Waals surface area contributed by atoms with Crippen LogP contribution in [0.25, 0.3) is 0 Å². The van der Waals surface area contributed by atoms with Gasteiger partial charge in [0.15, 0.2) is 5.82 Å². The van der Waals surface area contributed by atoms with Crippen LogP contribution in [0.3, 0.4) is 0 Å². The monoisotopic (exact) mass is 356 g/mol. The maximum absolute atomic E-state index is 12.4. The molecule has 0 bridgehead atoms. The van der Waals surface area contributed by atoms with Gasteiger partial charge in [-0.05, 0) is 18.4 Å². The van der Waals surface area contributed by atoms with Gasteiger partial charge >= 0.3 is 0 Å². The number of carbonyl (C=O) groups excluding carboxylic acids is 2. The Balaban J connectivity index is 1.52. The fraction of sp³-hybridized carbons (Fsp3) is 0.421. The standard InChI is InChI=1S/C19H24N4O3/c1-26-13-12-22-10-11-23-14-16(21-17(23)19(22)25)18(24)20-9-5-8-15-6-3-2-4-7-15/h2-4,6-7,14H,5,8-13H2,1H3,(H,20,24). The summed E-state index contributed by atoms with van der Waals surface area (Å²) < 4.78 is 6.78. The SMILES string of the molecule is COCCN1CCn2cc(C(=O)NCCCc3ccccc3)nc2C1=O. The minimum atomic E-state index is -0.240. The maximum Gasteiger partial charge on any atom is 0.290 e. The van der Waals surface area contributed by atoms with Gasteiger partial charge < -0.3 is 19.5 Å². The van der Waals surface area contributed by atoms with E-state index in [1.165, 1.54) is 5.56 Å². The second-order valence-electron chi connectivity index (χ2n) is 6.27. The third-order valence-corrected chi connectivity index (χ3v) is 4.43. The van der Waals surface area contributed by atoms with Gasteiger partial charge in [0.2, 0.25) is 0 Å². The number of aryl methyl sites for hydroxylation is 1. The van der Waals surface area contributed by atoms with Crippen molar-refractivity contribution < 1.29 is 14.3 Å². The van der Waals surface area contributed by atoms with Gasteiger partial charge in [0, 0.05) is 39.5 Å². The lowest BCUT2D eigenvalue weighted by atomic mass is 10.1. The topological polar surface area (TPSA) is 76.5 Å². The van der Waals surface area contributed by atoms with Gasteiger partial charge in [-0.1, -0.05) is 30.3 Å². The Labute approximate surface area is 153 Å². The first kappa shape index (κ1) is 18.1. The number of amides is 2. The second kappa shape index (κ2) is 8.62. The van der Waals surface area contributed by atoms with Crippen molar-refractivity contribution in [3.05, 3.63) is 53.6 Å². The molecule has 1 aliphatic rings. The van der Waals surface area contributed by atoms with Crippen LogP contribution in [-0.2, 0) is 17.7 Å². The van der Waals surface area contributed by atoms with Crippen LogP contribution in [0.15, 0.2) is 36.5 Å². The van der Waals surface area contributed by atoms with Crippen LogP contribution >= 0.6 is 0 Å². The molecule has 7 heteroatoms. The van der Waals surface area contributed by atoms with Crippen LogP contribution in [0.4, 0.5) is 0 Å². The molecule has 0 saturated heterocycles. The Morgan fingerprint density at radius 2 is 2.08 bits per heavy atom. The normalized spacial score (nSPS) is 13.6. The lowest BCUT2D eigenvalue weighted by Gasteiger charge is -2.26. The molecule has 0 radical (unpaired) electrons. The summed E-state index contributed by atoms with van der Waals surface area (Å²) in [5, 5.41) is 2.88. The van der Waals surface area contributed by atoms with E-state index in [-0.39, 0.29) is 11.8 Å². The number of methoxy groups -OCH3 is 1. The van der Waals surface area contributed by atoms with Crippen molar-refractivity contribution >= 4 is 11.8 Å². The van der Waals surface area contributed by atoms with Crippen molar-refractivity contribution in [1.82, 2.24) is 19.8 Å². The molecule has 1 aromatic heterocycles. The lowest BCUT2D eigenvalue weighted by Crippen LogP contribution is -2.42. The predicted molar refractivity (Wildman–Crippen MR) is 97.1 cm³/mol. The van der Waals surface area contributed by atoms with Crippen molar-refractivity contribution in [3.63, 3.8) is 0 Å². The third kappa shape index (κ3) is 4.29. The van der Waals surface area contributed by atoms with Gasteiger partial charge in [0.1, 0.15) is 5.69 Å². The van der Waals surface area contributed by atoms with E-state index in [0.717, 1.165) is 12.8 Å². The molecule has 26 heavy (non-hydrogen) atoms. The summed E-state index contributed by atoms with van der Waals surface area (Å²) in [7, 11) is 1.61. The van der Waals surface area contributed by atoms with Crippen LogP contribution in [0.1, 0.15) is 33.1 Å². The summed E-state index contributed by atoms with van der Waals surface area (Å²) in [5.41, 5.74) is 1.54. The molecule has 0 fully saturated rings. The third-order valence-electron chi connectivity index (χ3n) is 4.43. The molecular formula is C19H24N4O3. The van der Waals surface area contributed by atoms with E-state index in [2.05, 4.69) is 22.4 Å². The molecule has 0 aliphatic carbocycles. The average Bonchev–Trinajstić information content (AvgIpc) is 3.11. The fourth-order valence-electron chi connectivity index (χ4n) is 2.98. The predicted octanol–water partition coefficient (Wildman–Crippen LogP) is 1.35. The Bertz CT molecular complexity index is 757. The number of carbonyl (C=O) groups is 2. The van der Waals surface area contributed by atoms with Gasteiger partial charge in [-0.15, -0.1) is 0 Å². The summed E-state index contributed by atoms with van der Waals surface area (Å²) in [5.74, 6) is -0.0746. The van der Waals surface area contributed by atoms with E-state index in [4.69, 9.17) is 4.74 Å². The minimum absolute atomic E-state index is 0.156. The van der Waals surface area contributed by atoms with E-state index >= 15 is 0 Å². The smallest absolute Gasteiger partial charge is 0.290 e. The van der Waals surface area contributed by atoms with Gasteiger partial charge in [0.05, 0.1) is 6.61 Å². The highest BCUT2D eigenvalue weighted by Gasteiger charge is 2.27. The summed E-state index contributed by atoms with van der Waals surface area (Å²) in [6, 6.07) is 10.2. The van der Waals surface area contributed by atoms with E-state index in [1.54, 1.807) is 22.8 Å². The molecule has 0 spiro atoms. The number of aromatic nitrogens is 2. The van der Waals surface area contributed by atoms with Crippen molar-refractivity contribution in [2.45, 2.75) is 19.4 Å². The Kier molecular flexibility index (Phi) is 6.01. The molecule has 0 saturated carbocycles. The van der Waals surface area contributed by atoms with Crippen LogP contribution in [-0.4, -0.2) is 59.6 Å². The number of nitrogens with one attached hydrogen (secondary N) is 1. The number of hydrogen-bond donors (Lipinski definition) is 1. The summed E-state index contributed by atoms with van der Waals surface area (Å²) in [6.45, 7) is 2.83.